The fraction of sp³-hybridized carbons (Fsp3) is 0.579. The lowest BCUT2D eigenvalue weighted by atomic mass is 9.89. The van der Waals surface area contributed by atoms with Crippen LogP contribution in [0, 0.1) is 0 Å². The van der Waals surface area contributed by atoms with Crippen LogP contribution < -0.4 is 5.32 Å². The van der Waals surface area contributed by atoms with Crippen LogP contribution in [0.1, 0.15) is 44.1 Å². The summed E-state index contributed by atoms with van der Waals surface area (Å²) in [6, 6.07) is 9.85. The number of hydrogen-bond donors (Lipinski definition) is 1. The lowest BCUT2D eigenvalue weighted by Gasteiger charge is -2.40. The molecule has 2 aliphatic carbocycles. The SMILES string of the molecule is O=C(N[C@H]1CCCC[C@@H]1N(C(=O)CCl)C1CC1)OCc1ccccc1. The average Bonchev–Trinajstić information content (AvgIpc) is 3.47. The Morgan fingerprint density at radius 1 is 1.12 bits per heavy atom. The zero-order chi connectivity index (χ0) is 17.6. The van der Waals surface area contributed by atoms with Crippen molar-refractivity contribution in [3.05, 3.63) is 35.9 Å². The van der Waals surface area contributed by atoms with Crippen LogP contribution in [0.25, 0.3) is 0 Å². The van der Waals surface area contributed by atoms with Gasteiger partial charge in [0.05, 0.1) is 12.1 Å². The first-order valence-electron chi connectivity index (χ1n) is 9.03. The third kappa shape index (κ3) is 4.88. The number of ether oxygens (including phenoxy) is 1. The van der Waals surface area contributed by atoms with Crippen LogP contribution in [0.15, 0.2) is 30.3 Å². The lowest BCUT2D eigenvalue weighted by Crippen LogP contribution is -2.56. The first-order chi connectivity index (χ1) is 12.2. The van der Waals surface area contributed by atoms with Crippen LogP contribution in [-0.2, 0) is 16.1 Å². The Balaban J connectivity index is 1.58. The van der Waals surface area contributed by atoms with E-state index < -0.39 is 6.09 Å². The molecule has 1 N–H and O–H groups in total. The quantitative estimate of drug-likeness (QED) is 0.786. The molecule has 2 atom stereocenters. The molecule has 2 fully saturated rings. The van der Waals surface area contributed by atoms with Gasteiger partial charge >= 0.3 is 6.09 Å². The van der Waals surface area contributed by atoms with Crippen LogP contribution in [-0.4, -0.2) is 40.9 Å². The third-order valence-corrected chi connectivity index (χ3v) is 5.17. The Hall–Kier alpha value is -1.75. The third-order valence-electron chi connectivity index (χ3n) is 4.95. The summed E-state index contributed by atoms with van der Waals surface area (Å²) in [6.07, 6.45) is 5.53. The predicted octanol–water partition coefficient (Wildman–Crippen LogP) is 3.45. The van der Waals surface area contributed by atoms with Crippen molar-refractivity contribution in [3.8, 4) is 0 Å². The van der Waals surface area contributed by atoms with E-state index in [1.54, 1.807) is 0 Å². The van der Waals surface area contributed by atoms with Crippen molar-refractivity contribution in [2.24, 2.45) is 0 Å². The molecular weight excluding hydrogens is 340 g/mol. The fourth-order valence-electron chi connectivity index (χ4n) is 3.61. The molecule has 2 aliphatic rings. The molecule has 5 nitrogen and oxygen atoms in total. The largest absolute Gasteiger partial charge is 0.445 e. The van der Waals surface area contributed by atoms with Gasteiger partial charge in [-0.15, -0.1) is 11.6 Å². The van der Waals surface area contributed by atoms with Gasteiger partial charge in [0, 0.05) is 6.04 Å². The Morgan fingerprint density at radius 3 is 2.52 bits per heavy atom. The topological polar surface area (TPSA) is 58.6 Å². The molecule has 0 unspecified atom stereocenters. The molecule has 2 amide bonds. The zero-order valence-electron chi connectivity index (χ0n) is 14.3. The molecule has 25 heavy (non-hydrogen) atoms. The molecule has 136 valence electrons. The first-order valence-corrected chi connectivity index (χ1v) is 9.57. The van der Waals surface area contributed by atoms with Gasteiger partial charge in [0.15, 0.2) is 0 Å². The summed E-state index contributed by atoms with van der Waals surface area (Å²) in [5, 5.41) is 2.98. The maximum absolute atomic E-state index is 12.3. The molecule has 0 aliphatic heterocycles. The van der Waals surface area contributed by atoms with E-state index in [0.29, 0.717) is 6.04 Å². The maximum Gasteiger partial charge on any atom is 0.407 e. The van der Waals surface area contributed by atoms with Gasteiger partial charge in [-0.3, -0.25) is 4.79 Å². The zero-order valence-corrected chi connectivity index (χ0v) is 15.1. The summed E-state index contributed by atoms with van der Waals surface area (Å²) >= 11 is 5.81. The van der Waals surface area contributed by atoms with Gasteiger partial charge in [0.25, 0.3) is 0 Å². The fourth-order valence-corrected chi connectivity index (χ4v) is 3.75. The summed E-state index contributed by atoms with van der Waals surface area (Å²) in [4.78, 5) is 26.4. The molecule has 6 heteroatoms. The molecule has 0 radical (unpaired) electrons. The van der Waals surface area contributed by atoms with E-state index >= 15 is 0 Å². The summed E-state index contributed by atoms with van der Waals surface area (Å²) in [5.74, 6) is -0.0291. The Kier molecular flexibility index (Phi) is 6.19. The van der Waals surface area contributed by atoms with Crippen LogP contribution in [0.3, 0.4) is 0 Å². The minimum absolute atomic E-state index is 0.00181. The standard InChI is InChI=1S/C19H25ClN2O3/c20-12-18(23)22(15-10-11-15)17-9-5-4-8-16(17)21-19(24)25-13-14-6-2-1-3-7-14/h1-3,6-7,15-17H,4-5,8-13H2,(H,21,24)/t16-,17-/m0/s1. The number of hydrogen-bond acceptors (Lipinski definition) is 3. The average molecular weight is 365 g/mol. The van der Waals surface area contributed by atoms with Crippen LogP contribution in [0.4, 0.5) is 4.79 Å². The van der Waals surface area contributed by atoms with Gasteiger partial charge in [0.2, 0.25) is 5.91 Å². The van der Waals surface area contributed by atoms with Gasteiger partial charge < -0.3 is 15.0 Å². The van der Waals surface area contributed by atoms with Crippen LogP contribution >= 0.6 is 11.6 Å². The molecule has 0 heterocycles. The predicted molar refractivity (Wildman–Crippen MR) is 96.4 cm³/mol. The van der Waals surface area contributed by atoms with E-state index in [9.17, 15) is 9.59 Å². The number of nitrogens with zero attached hydrogens (tertiary/aromatic N) is 1. The van der Waals surface area contributed by atoms with Gasteiger partial charge in [-0.2, -0.15) is 0 Å². The van der Waals surface area contributed by atoms with Crippen molar-refractivity contribution in [1.29, 1.82) is 0 Å². The van der Waals surface area contributed by atoms with E-state index in [1.807, 2.05) is 35.2 Å². The molecule has 0 saturated heterocycles. The molecule has 0 spiro atoms. The maximum atomic E-state index is 12.3. The van der Waals surface area contributed by atoms with Crippen molar-refractivity contribution in [2.45, 2.75) is 63.3 Å². The molecular formula is C19H25ClN2O3. The second kappa shape index (κ2) is 8.56. The number of alkyl halides is 1. The second-order valence-corrected chi connectivity index (χ2v) is 7.10. The molecule has 0 aromatic heterocycles. The highest BCUT2D eigenvalue weighted by atomic mass is 35.5. The van der Waals surface area contributed by atoms with Gasteiger partial charge in [0.1, 0.15) is 12.5 Å². The number of alkyl carbamates (subject to hydrolysis) is 1. The minimum Gasteiger partial charge on any atom is -0.445 e. The van der Waals surface area contributed by atoms with Crippen molar-refractivity contribution in [1.82, 2.24) is 10.2 Å². The Labute approximate surface area is 153 Å². The molecule has 3 rings (SSSR count). The van der Waals surface area contributed by atoms with Crippen molar-refractivity contribution in [2.75, 3.05) is 5.88 Å². The van der Waals surface area contributed by atoms with E-state index in [1.165, 1.54) is 0 Å². The smallest absolute Gasteiger partial charge is 0.407 e. The number of halogens is 1. The Bertz CT molecular complexity index is 592. The van der Waals surface area contributed by atoms with Crippen LogP contribution in [0.5, 0.6) is 0 Å². The number of benzene rings is 1. The van der Waals surface area contributed by atoms with E-state index in [0.717, 1.165) is 44.1 Å². The number of carbonyl (C=O) groups is 2. The van der Waals surface area contributed by atoms with Crippen molar-refractivity contribution >= 4 is 23.6 Å². The highest BCUT2D eigenvalue weighted by molar-refractivity contribution is 6.27. The first kappa shape index (κ1) is 18.1. The Morgan fingerprint density at radius 2 is 1.84 bits per heavy atom. The normalized spacial score (nSPS) is 22.9. The second-order valence-electron chi connectivity index (χ2n) is 6.83. The number of carbonyl (C=O) groups excluding carboxylic acids is 2. The molecule has 1 aromatic rings. The number of nitrogens with one attached hydrogen (secondary N) is 1. The number of amides is 2. The van der Waals surface area contributed by atoms with E-state index in [2.05, 4.69) is 5.32 Å². The van der Waals surface area contributed by atoms with Gasteiger partial charge in [-0.25, -0.2) is 4.79 Å². The number of rotatable bonds is 6. The highest BCUT2D eigenvalue weighted by Crippen LogP contribution is 2.34. The van der Waals surface area contributed by atoms with Gasteiger partial charge in [-0.05, 0) is 31.2 Å². The monoisotopic (exact) mass is 364 g/mol. The van der Waals surface area contributed by atoms with E-state index in [-0.39, 0.29) is 30.5 Å². The van der Waals surface area contributed by atoms with Crippen molar-refractivity contribution < 1.29 is 14.3 Å². The summed E-state index contributed by atoms with van der Waals surface area (Å²) in [7, 11) is 0. The summed E-state index contributed by atoms with van der Waals surface area (Å²) in [6.45, 7) is 0.247. The van der Waals surface area contributed by atoms with E-state index in [4.69, 9.17) is 16.3 Å². The van der Waals surface area contributed by atoms with Crippen LogP contribution in [0.2, 0.25) is 0 Å². The summed E-state index contributed by atoms with van der Waals surface area (Å²) in [5.41, 5.74) is 0.953. The highest BCUT2D eigenvalue weighted by Gasteiger charge is 2.41. The minimum atomic E-state index is -0.421. The molecule has 0 bridgehead atoms. The van der Waals surface area contributed by atoms with Crippen molar-refractivity contribution in [3.63, 3.8) is 0 Å². The molecule has 1 aromatic carbocycles. The lowest BCUT2D eigenvalue weighted by molar-refractivity contribution is -0.132. The summed E-state index contributed by atoms with van der Waals surface area (Å²) < 4.78 is 5.34. The van der Waals surface area contributed by atoms with Gasteiger partial charge in [-0.1, -0.05) is 43.2 Å². The molecule has 2 saturated carbocycles.